The molecule has 1 N–H and O–H groups in total. The van der Waals surface area contributed by atoms with Crippen LogP contribution >= 0.6 is 0 Å². The standard InChI is InChI=1S/C14H15NO4/c1-9(10-5-3-2-4-6-10)15-12(16)7-11-8-13(17)19-14(11)18/h2-6,9,11H,7-8H2,1H3,(H,15,16)/t9-,11+/m1/s1. The van der Waals surface area contributed by atoms with Crippen LogP contribution in [0.25, 0.3) is 0 Å². The van der Waals surface area contributed by atoms with Gasteiger partial charge in [-0.25, -0.2) is 0 Å². The summed E-state index contributed by atoms with van der Waals surface area (Å²) in [6, 6.07) is 9.38. The lowest BCUT2D eigenvalue weighted by molar-refractivity contribution is -0.153. The molecule has 1 heterocycles. The second-order valence-electron chi connectivity index (χ2n) is 4.60. The first kappa shape index (κ1) is 13.3. The van der Waals surface area contributed by atoms with Gasteiger partial charge >= 0.3 is 11.9 Å². The molecule has 5 nitrogen and oxygen atoms in total. The van der Waals surface area contributed by atoms with Crippen LogP contribution in [0.1, 0.15) is 31.4 Å². The summed E-state index contributed by atoms with van der Waals surface area (Å²) >= 11 is 0. The Morgan fingerprint density at radius 3 is 2.63 bits per heavy atom. The third kappa shape index (κ3) is 3.40. The number of benzene rings is 1. The average molecular weight is 261 g/mol. The molecule has 0 spiro atoms. The minimum absolute atomic E-state index is 0.00797. The number of nitrogens with one attached hydrogen (secondary N) is 1. The van der Waals surface area contributed by atoms with Gasteiger partial charge in [0.25, 0.3) is 0 Å². The van der Waals surface area contributed by atoms with Gasteiger partial charge in [0.05, 0.1) is 18.4 Å². The van der Waals surface area contributed by atoms with E-state index < -0.39 is 17.9 Å². The maximum absolute atomic E-state index is 11.8. The Kier molecular flexibility index (Phi) is 3.94. The summed E-state index contributed by atoms with van der Waals surface area (Å²) in [6.07, 6.45) is -0.0201. The first-order valence-corrected chi connectivity index (χ1v) is 6.15. The van der Waals surface area contributed by atoms with Crippen LogP contribution in [0.15, 0.2) is 30.3 Å². The number of hydrogen-bond donors (Lipinski definition) is 1. The normalized spacial score (nSPS) is 19.9. The van der Waals surface area contributed by atoms with Crippen molar-refractivity contribution in [3.8, 4) is 0 Å². The number of carbonyl (C=O) groups excluding carboxylic acids is 3. The van der Waals surface area contributed by atoms with Gasteiger partial charge in [0.1, 0.15) is 0 Å². The number of amides is 1. The summed E-state index contributed by atoms with van der Waals surface area (Å²) in [4.78, 5) is 34.0. The van der Waals surface area contributed by atoms with E-state index in [1.165, 1.54) is 0 Å². The minimum atomic E-state index is -0.643. The highest BCUT2D eigenvalue weighted by Gasteiger charge is 2.35. The molecule has 0 unspecified atom stereocenters. The zero-order chi connectivity index (χ0) is 13.8. The van der Waals surface area contributed by atoms with E-state index in [1.54, 1.807) is 0 Å². The Bertz CT molecular complexity index is 497. The van der Waals surface area contributed by atoms with Crippen LogP contribution in [-0.2, 0) is 19.1 Å². The fourth-order valence-electron chi connectivity index (χ4n) is 2.03. The number of rotatable bonds is 4. The van der Waals surface area contributed by atoms with Crippen molar-refractivity contribution in [3.63, 3.8) is 0 Å². The van der Waals surface area contributed by atoms with Gasteiger partial charge in [-0.3, -0.25) is 14.4 Å². The molecule has 0 radical (unpaired) electrons. The third-order valence-electron chi connectivity index (χ3n) is 3.07. The minimum Gasteiger partial charge on any atom is -0.393 e. The van der Waals surface area contributed by atoms with Crippen LogP contribution < -0.4 is 5.32 Å². The van der Waals surface area contributed by atoms with Crippen molar-refractivity contribution in [2.45, 2.75) is 25.8 Å². The lowest BCUT2D eigenvalue weighted by atomic mass is 10.0. The molecule has 1 aromatic rings. The van der Waals surface area contributed by atoms with Gasteiger partial charge in [0.15, 0.2) is 0 Å². The van der Waals surface area contributed by atoms with E-state index in [0.29, 0.717) is 0 Å². The van der Waals surface area contributed by atoms with Gasteiger partial charge in [-0.2, -0.15) is 0 Å². The molecule has 2 rings (SSSR count). The first-order valence-electron chi connectivity index (χ1n) is 6.15. The summed E-state index contributed by atoms with van der Waals surface area (Å²) < 4.78 is 4.41. The smallest absolute Gasteiger partial charge is 0.317 e. The molecule has 1 saturated heterocycles. The quantitative estimate of drug-likeness (QED) is 0.656. The molecular weight excluding hydrogens is 246 g/mol. The van der Waals surface area contributed by atoms with Crippen molar-refractivity contribution in [1.82, 2.24) is 5.32 Å². The molecule has 1 fully saturated rings. The number of esters is 2. The summed E-state index contributed by atoms with van der Waals surface area (Å²) in [7, 11) is 0. The number of ether oxygens (including phenoxy) is 1. The second-order valence-corrected chi connectivity index (χ2v) is 4.60. The summed E-state index contributed by atoms with van der Waals surface area (Å²) in [5.74, 6) is -2.06. The Labute approximate surface area is 110 Å². The monoisotopic (exact) mass is 261 g/mol. The van der Waals surface area contributed by atoms with Crippen molar-refractivity contribution < 1.29 is 19.1 Å². The van der Waals surface area contributed by atoms with Gasteiger partial charge in [-0.15, -0.1) is 0 Å². The molecule has 5 heteroatoms. The van der Waals surface area contributed by atoms with Gasteiger partial charge in [0, 0.05) is 6.42 Å². The van der Waals surface area contributed by atoms with Crippen LogP contribution in [0.3, 0.4) is 0 Å². The molecule has 1 amide bonds. The van der Waals surface area contributed by atoms with Crippen LogP contribution in [0.2, 0.25) is 0 Å². The topological polar surface area (TPSA) is 72.5 Å². The SMILES string of the molecule is C[C@@H](NC(=O)C[C@H]1CC(=O)OC1=O)c1ccccc1. The maximum atomic E-state index is 11.8. The summed E-state index contributed by atoms with van der Waals surface area (Å²) in [6.45, 7) is 1.87. The highest BCUT2D eigenvalue weighted by Crippen LogP contribution is 2.20. The number of carbonyl (C=O) groups is 3. The van der Waals surface area contributed by atoms with Crippen LogP contribution in [0.5, 0.6) is 0 Å². The molecule has 19 heavy (non-hydrogen) atoms. The number of cyclic esters (lactones) is 2. The lowest BCUT2D eigenvalue weighted by Gasteiger charge is -2.14. The summed E-state index contributed by atoms with van der Waals surface area (Å²) in [5, 5.41) is 2.80. The number of hydrogen-bond acceptors (Lipinski definition) is 4. The molecule has 1 aliphatic heterocycles. The zero-order valence-corrected chi connectivity index (χ0v) is 10.6. The van der Waals surface area contributed by atoms with Gasteiger partial charge in [-0.05, 0) is 12.5 Å². The Morgan fingerprint density at radius 2 is 2.05 bits per heavy atom. The highest BCUT2D eigenvalue weighted by molar-refractivity contribution is 5.96. The fraction of sp³-hybridized carbons (Fsp3) is 0.357. The molecule has 0 aromatic heterocycles. The molecule has 0 bridgehead atoms. The molecular formula is C14H15NO4. The van der Waals surface area contributed by atoms with E-state index in [4.69, 9.17) is 0 Å². The van der Waals surface area contributed by atoms with E-state index in [1.807, 2.05) is 37.3 Å². The van der Waals surface area contributed by atoms with E-state index in [-0.39, 0.29) is 24.8 Å². The van der Waals surface area contributed by atoms with E-state index in [2.05, 4.69) is 10.1 Å². The van der Waals surface area contributed by atoms with Crippen molar-refractivity contribution in [2.24, 2.45) is 5.92 Å². The fourth-order valence-corrected chi connectivity index (χ4v) is 2.03. The maximum Gasteiger partial charge on any atom is 0.317 e. The highest BCUT2D eigenvalue weighted by atomic mass is 16.6. The third-order valence-corrected chi connectivity index (χ3v) is 3.07. The molecule has 1 aromatic carbocycles. The molecule has 2 atom stereocenters. The van der Waals surface area contributed by atoms with E-state index in [9.17, 15) is 14.4 Å². The first-order chi connectivity index (χ1) is 9.06. The van der Waals surface area contributed by atoms with E-state index >= 15 is 0 Å². The Morgan fingerprint density at radius 1 is 1.37 bits per heavy atom. The van der Waals surface area contributed by atoms with Gasteiger partial charge in [0.2, 0.25) is 5.91 Å². The molecule has 0 saturated carbocycles. The second kappa shape index (κ2) is 5.65. The van der Waals surface area contributed by atoms with Gasteiger partial charge < -0.3 is 10.1 Å². The van der Waals surface area contributed by atoms with Gasteiger partial charge in [-0.1, -0.05) is 30.3 Å². The van der Waals surface area contributed by atoms with Crippen LogP contribution in [0, 0.1) is 5.92 Å². The van der Waals surface area contributed by atoms with Crippen molar-refractivity contribution in [2.75, 3.05) is 0 Å². The lowest BCUT2D eigenvalue weighted by Crippen LogP contribution is -2.29. The van der Waals surface area contributed by atoms with Crippen LogP contribution in [0.4, 0.5) is 0 Å². The van der Waals surface area contributed by atoms with Crippen molar-refractivity contribution in [3.05, 3.63) is 35.9 Å². The van der Waals surface area contributed by atoms with Crippen LogP contribution in [-0.4, -0.2) is 17.8 Å². The van der Waals surface area contributed by atoms with Crippen molar-refractivity contribution in [1.29, 1.82) is 0 Å². The average Bonchev–Trinajstić information content (AvgIpc) is 2.68. The van der Waals surface area contributed by atoms with E-state index in [0.717, 1.165) is 5.56 Å². The molecule has 1 aliphatic rings. The van der Waals surface area contributed by atoms with Crippen molar-refractivity contribution >= 4 is 17.8 Å². The molecule has 100 valence electrons. The predicted octanol–water partition coefficient (Wildman–Crippen LogP) is 1.34. The Hall–Kier alpha value is -2.17. The largest absolute Gasteiger partial charge is 0.393 e. The summed E-state index contributed by atoms with van der Waals surface area (Å²) in [5.41, 5.74) is 0.987. The predicted molar refractivity (Wildman–Crippen MR) is 66.8 cm³/mol. The zero-order valence-electron chi connectivity index (χ0n) is 10.6. The Balaban J connectivity index is 1.88. The molecule has 0 aliphatic carbocycles.